The van der Waals surface area contributed by atoms with E-state index in [1.165, 1.54) is 12.8 Å². The molecule has 0 amide bonds. The van der Waals surface area contributed by atoms with Crippen molar-refractivity contribution < 1.29 is 4.39 Å². The van der Waals surface area contributed by atoms with Crippen LogP contribution in [0.5, 0.6) is 0 Å². The summed E-state index contributed by atoms with van der Waals surface area (Å²) in [5, 5.41) is 3.48. The van der Waals surface area contributed by atoms with Gasteiger partial charge in [0.2, 0.25) is 0 Å². The molecule has 2 atom stereocenters. The maximum Gasteiger partial charge on any atom is 0.142 e. The molecule has 0 fully saturated rings. The molecule has 0 saturated carbocycles. The summed E-state index contributed by atoms with van der Waals surface area (Å²) in [4.78, 5) is 0. The number of nitrogens with one attached hydrogen (secondary N) is 1. The quantitative estimate of drug-likeness (QED) is 0.668. The Morgan fingerprint density at radius 1 is 1.26 bits per heavy atom. The van der Waals surface area contributed by atoms with Crippen LogP contribution in [-0.4, -0.2) is 6.54 Å². The van der Waals surface area contributed by atoms with E-state index >= 15 is 0 Å². The molecule has 0 aromatic heterocycles. The van der Waals surface area contributed by atoms with Crippen molar-refractivity contribution in [2.24, 2.45) is 5.92 Å². The Kier molecular flexibility index (Phi) is 7.62. The molecule has 1 nitrogen and oxygen atoms in total. The topological polar surface area (TPSA) is 12.0 Å². The first-order chi connectivity index (χ1) is 9.10. The third-order valence-corrected chi connectivity index (χ3v) is 4.03. The maximum absolute atomic E-state index is 14.2. The van der Waals surface area contributed by atoms with Gasteiger partial charge in [-0.15, -0.1) is 0 Å². The van der Waals surface area contributed by atoms with Gasteiger partial charge >= 0.3 is 0 Å². The van der Waals surface area contributed by atoms with Gasteiger partial charge in [-0.25, -0.2) is 4.39 Å². The van der Waals surface area contributed by atoms with E-state index in [2.05, 4.69) is 42.0 Å². The van der Waals surface area contributed by atoms with E-state index in [4.69, 9.17) is 0 Å². The predicted octanol–water partition coefficient (Wildman–Crippen LogP) is 5.46. The highest BCUT2D eigenvalue weighted by molar-refractivity contribution is 9.10. The average Bonchev–Trinajstić information content (AvgIpc) is 2.38. The van der Waals surface area contributed by atoms with E-state index in [0.29, 0.717) is 10.4 Å². The van der Waals surface area contributed by atoms with E-state index in [1.807, 2.05) is 12.1 Å². The summed E-state index contributed by atoms with van der Waals surface area (Å²) in [6.07, 6.45) is 4.43. The predicted molar refractivity (Wildman–Crippen MR) is 83.8 cm³/mol. The van der Waals surface area contributed by atoms with Crippen LogP contribution in [-0.2, 0) is 0 Å². The molecule has 1 rings (SSSR count). The first kappa shape index (κ1) is 16.6. The highest BCUT2D eigenvalue weighted by atomic mass is 79.9. The molecule has 0 aliphatic rings. The Balaban J connectivity index is 2.85. The summed E-state index contributed by atoms with van der Waals surface area (Å²) < 4.78 is 14.8. The molecule has 0 heterocycles. The van der Waals surface area contributed by atoms with Gasteiger partial charge < -0.3 is 5.32 Å². The Morgan fingerprint density at radius 3 is 2.63 bits per heavy atom. The summed E-state index contributed by atoms with van der Waals surface area (Å²) in [7, 11) is 0. The van der Waals surface area contributed by atoms with Gasteiger partial charge in [0.05, 0.1) is 4.47 Å². The molecule has 2 unspecified atom stereocenters. The molecule has 1 aromatic carbocycles. The molecule has 0 radical (unpaired) electrons. The molecule has 1 aromatic rings. The van der Waals surface area contributed by atoms with Crippen molar-refractivity contribution in [3.05, 3.63) is 34.1 Å². The molecule has 0 aliphatic heterocycles. The van der Waals surface area contributed by atoms with Crippen LogP contribution in [0.2, 0.25) is 0 Å². The number of rotatable bonds is 8. The van der Waals surface area contributed by atoms with Crippen molar-refractivity contribution in [2.45, 2.75) is 52.5 Å². The summed E-state index contributed by atoms with van der Waals surface area (Å²) in [5.74, 6) is 0.484. The largest absolute Gasteiger partial charge is 0.310 e. The molecule has 0 saturated heterocycles. The Hall–Kier alpha value is -0.410. The molecule has 3 heteroatoms. The monoisotopic (exact) mass is 329 g/mol. The van der Waals surface area contributed by atoms with Crippen molar-refractivity contribution in [1.82, 2.24) is 5.32 Å². The second kappa shape index (κ2) is 8.70. The van der Waals surface area contributed by atoms with Gasteiger partial charge in [-0.3, -0.25) is 0 Å². The standard InChI is InChI=1S/C16H25BrFN/c1-4-7-12(3)11-15(19-10-5-2)13-8-6-9-14(17)16(13)18/h6,8-9,12,15,19H,4-5,7,10-11H2,1-3H3. The average molecular weight is 330 g/mol. The van der Waals surface area contributed by atoms with Crippen LogP contribution in [0.4, 0.5) is 4.39 Å². The van der Waals surface area contributed by atoms with Crippen LogP contribution in [0.3, 0.4) is 0 Å². The van der Waals surface area contributed by atoms with E-state index in [0.717, 1.165) is 24.9 Å². The highest BCUT2D eigenvalue weighted by Crippen LogP contribution is 2.29. The van der Waals surface area contributed by atoms with E-state index in [9.17, 15) is 4.39 Å². The van der Waals surface area contributed by atoms with Crippen LogP contribution in [0.25, 0.3) is 0 Å². The van der Waals surface area contributed by atoms with Crippen molar-refractivity contribution in [3.8, 4) is 0 Å². The maximum atomic E-state index is 14.2. The minimum Gasteiger partial charge on any atom is -0.310 e. The van der Waals surface area contributed by atoms with Crippen LogP contribution in [0, 0.1) is 11.7 Å². The lowest BCUT2D eigenvalue weighted by Gasteiger charge is -2.23. The lowest BCUT2D eigenvalue weighted by atomic mass is 9.92. The van der Waals surface area contributed by atoms with Crippen molar-refractivity contribution in [1.29, 1.82) is 0 Å². The number of hydrogen-bond acceptors (Lipinski definition) is 1. The zero-order chi connectivity index (χ0) is 14.3. The van der Waals surface area contributed by atoms with Crippen LogP contribution < -0.4 is 5.32 Å². The number of benzene rings is 1. The first-order valence-corrected chi connectivity index (χ1v) is 8.06. The van der Waals surface area contributed by atoms with Crippen LogP contribution >= 0.6 is 15.9 Å². The van der Waals surface area contributed by atoms with E-state index < -0.39 is 0 Å². The van der Waals surface area contributed by atoms with Gasteiger partial charge in [-0.2, -0.15) is 0 Å². The normalized spacial score (nSPS) is 14.4. The zero-order valence-electron chi connectivity index (χ0n) is 12.2. The summed E-state index contributed by atoms with van der Waals surface area (Å²) in [6, 6.07) is 5.67. The van der Waals surface area contributed by atoms with Gasteiger partial charge in [-0.05, 0) is 47.3 Å². The smallest absolute Gasteiger partial charge is 0.142 e. The molecule has 1 N–H and O–H groups in total. The molecule has 19 heavy (non-hydrogen) atoms. The second-order valence-corrected chi connectivity index (χ2v) is 6.13. The SMILES string of the molecule is CCCNC(CC(C)CCC)c1cccc(Br)c1F. The molecular weight excluding hydrogens is 305 g/mol. The first-order valence-electron chi connectivity index (χ1n) is 7.27. The van der Waals surface area contributed by atoms with Gasteiger partial charge in [0.1, 0.15) is 5.82 Å². The number of halogens is 2. The lowest BCUT2D eigenvalue weighted by Crippen LogP contribution is -2.25. The third kappa shape index (κ3) is 5.23. The molecule has 108 valence electrons. The van der Waals surface area contributed by atoms with Crippen LogP contribution in [0.1, 0.15) is 58.1 Å². The van der Waals surface area contributed by atoms with Crippen LogP contribution in [0.15, 0.2) is 22.7 Å². The minimum atomic E-state index is -0.125. The Labute approximate surface area is 125 Å². The fourth-order valence-electron chi connectivity index (χ4n) is 2.44. The van der Waals surface area contributed by atoms with Crippen molar-refractivity contribution in [3.63, 3.8) is 0 Å². The summed E-state index contributed by atoms with van der Waals surface area (Å²) in [5.41, 5.74) is 0.783. The second-order valence-electron chi connectivity index (χ2n) is 5.28. The van der Waals surface area contributed by atoms with Crippen molar-refractivity contribution in [2.75, 3.05) is 6.54 Å². The molecule has 0 spiro atoms. The minimum absolute atomic E-state index is 0.110. The highest BCUT2D eigenvalue weighted by Gasteiger charge is 2.19. The fraction of sp³-hybridized carbons (Fsp3) is 0.625. The zero-order valence-corrected chi connectivity index (χ0v) is 13.8. The van der Waals surface area contributed by atoms with E-state index in [1.54, 1.807) is 6.07 Å². The van der Waals surface area contributed by atoms with Crippen molar-refractivity contribution >= 4 is 15.9 Å². The van der Waals surface area contributed by atoms with E-state index in [-0.39, 0.29) is 11.9 Å². The Bertz CT molecular complexity index is 381. The summed E-state index contributed by atoms with van der Waals surface area (Å²) >= 11 is 3.28. The third-order valence-electron chi connectivity index (χ3n) is 3.42. The summed E-state index contributed by atoms with van der Waals surface area (Å²) in [6.45, 7) is 7.51. The molecular formula is C16H25BrFN. The van der Waals surface area contributed by atoms with Gasteiger partial charge in [0.15, 0.2) is 0 Å². The van der Waals surface area contributed by atoms with Gasteiger partial charge in [0, 0.05) is 11.6 Å². The number of hydrogen-bond donors (Lipinski definition) is 1. The van der Waals surface area contributed by atoms with Gasteiger partial charge in [0.25, 0.3) is 0 Å². The molecule has 0 bridgehead atoms. The Morgan fingerprint density at radius 2 is 2.00 bits per heavy atom. The van der Waals surface area contributed by atoms with Gasteiger partial charge in [-0.1, -0.05) is 45.7 Å². The fourth-order valence-corrected chi connectivity index (χ4v) is 2.82. The molecule has 0 aliphatic carbocycles. The lowest BCUT2D eigenvalue weighted by molar-refractivity contribution is 0.381.